The number of ether oxygens (including phenoxy) is 2. The summed E-state index contributed by atoms with van der Waals surface area (Å²) in [6, 6.07) is 5.53. The maximum Gasteiger partial charge on any atom is 0.506 e. The minimum absolute atomic E-state index is 0.0778. The number of hydrogen-bond donors (Lipinski definition) is 6. The molecule has 36 heavy (non-hydrogen) atoms. The van der Waals surface area contributed by atoms with Crippen molar-refractivity contribution in [2.45, 2.75) is 70.6 Å². The number of carbonyl (C=O) groups is 4. The van der Waals surface area contributed by atoms with Crippen LogP contribution in [-0.2, 0) is 30.5 Å². The molecule has 0 aromatic heterocycles. The van der Waals surface area contributed by atoms with Crippen LogP contribution in [0.25, 0.3) is 0 Å². The van der Waals surface area contributed by atoms with Crippen LogP contribution in [0.1, 0.15) is 53.0 Å². The summed E-state index contributed by atoms with van der Waals surface area (Å²) in [6.45, 7) is 8.90. The van der Waals surface area contributed by atoms with Crippen LogP contribution in [0.15, 0.2) is 24.3 Å². The molecule has 0 heterocycles. The van der Waals surface area contributed by atoms with Gasteiger partial charge < -0.3 is 36.3 Å². The number of hydrogen-bond acceptors (Lipinski definition) is 8. The zero-order valence-corrected chi connectivity index (χ0v) is 22.3. The van der Waals surface area contributed by atoms with Crippen molar-refractivity contribution in [3.05, 3.63) is 29.8 Å². The van der Waals surface area contributed by atoms with E-state index in [0.29, 0.717) is 24.3 Å². The normalized spacial score (nSPS) is 13.9. The topological polar surface area (TPSA) is 169 Å². The van der Waals surface area contributed by atoms with Gasteiger partial charge in [0.25, 0.3) is 0 Å². The quantitative estimate of drug-likeness (QED) is 0.122. The molecule has 0 bridgehead atoms. The van der Waals surface area contributed by atoms with Crippen molar-refractivity contribution in [2.24, 2.45) is 11.7 Å². The van der Waals surface area contributed by atoms with Gasteiger partial charge >= 0.3 is 6.16 Å². The second-order valence-electron chi connectivity index (χ2n) is 9.75. The van der Waals surface area contributed by atoms with E-state index in [2.05, 4.69) is 33.3 Å². The SMILES string of the molecule is CC(C)C(NC(=O)CC(C)(S)OCCC(C)(C)N)C(=O)NCC(=O)Nc1ccc(COC(=O)O)cc1. The summed E-state index contributed by atoms with van der Waals surface area (Å²) >= 11 is 4.41. The fourth-order valence-corrected chi connectivity index (χ4v) is 3.19. The zero-order chi connectivity index (χ0) is 27.5. The molecule has 1 rings (SSSR count). The average Bonchev–Trinajstić information content (AvgIpc) is 2.73. The third kappa shape index (κ3) is 13.3. The van der Waals surface area contributed by atoms with Gasteiger partial charge in [-0.1, -0.05) is 26.0 Å². The molecule has 202 valence electrons. The Bertz CT molecular complexity index is 899. The van der Waals surface area contributed by atoms with Gasteiger partial charge in [-0.2, -0.15) is 0 Å². The van der Waals surface area contributed by atoms with E-state index in [9.17, 15) is 19.2 Å². The number of carboxylic acid groups (broad SMARTS) is 1. The molecule has 1 aromatic carbocycles. The lowest BCUT2D eigenvalue weighted by atomic mass is 10.0. The molecule has 0 aliphatic heterocycles. The van der Waals surface area contributed by atoms with Crippen LogP contribution < -0.4 is 21.7 Å². The molecule has 2 atom stereocenters. The van der Waals surface area contributed by atoms with Crippen LogP contribution in [-0.4, -0.2) is 58.6 Å². The van der Waals surface area contributed by atoms with Gasteiger partial charge in [0.2, 0.25) is 17.7 Å². The number of nitrogens with one attached hydrogen (secondary N) is 3. The molecule has 1 aromatic rings. The Labute approximate surface area is 217 Å². The smallest absolute Gasteiger partial charge is 0.450 e. The van der Waals surface area contributed by atoms with Crippen molar-refractivity contribution in [3.63, 3.8) is 0 Å². The van der Waals surface area contributed by atoms with Crippen molar-refractivity contribution in [1.82, 2.24) is 10.6 Å². The molecule has 0 fully saturated rings. The second-order valence-corrected chi connectivity index (χ2v) is 10.7. The number of thiol groups is 1. The Kier molecular flexibility index (Phi) is 12.2. The Morgan fingerprint density at radius 3 is 2.22 bits per heavy atom. The van der Waals surface area contributed by atoms with Crippen LogP contribution in [0, 0.1) is 5.92 Å². The number of nitrogens with two attached hydrogens (primary N) is 1. The summed E-state index contributed by atoms with van der Waals surface area (Å²) in [5, 5.41) is 16.4. The van der Waals surface area contributed by atoms with E-state index in [-0.39, 0.29) is 25.5 Å². The molecule has 0 spiro atoms. The third-order valence-corrected chi connectivity index (χ3v) is 5.22. The van der Waals surface area contributed by atoms with Gasteiger partial charge in [-0.25, -0.2) is 4.79 Å². The number of carbonyl (C=O) groups excluding carboxylic acids is 3. The van der Waals surface area contributed by atoms with Crippen molar-refractivity contribution in [2.75, 3.05) is 18.5 Å². The molecular formula is C24H38N4O7S. The monoisotopic (exact) mass is 526 g/mol. The fourth-order valence-electron chi connectivity index (χ4n) is 2.95. The molecule has 12 heteroatoms. The molecule has 3 amide bonds. The summed E-state index contributed by atoms with van der Waals surface area (Å²) in [5.74, 6) is -1.61. The van der Waals surface area contributed by atoms with Crippen LogP contribution in [0.4, 0.5) is 10.5 Å². The molecule has 0 aliphatic rings. The van der Waals surface area contributed by atoms with E-state index in [1.807, 2.05) is 13.8 Å². The van der Waals surface area contributed by atoms with Gasteiger partial charge in [0.15, 0.2) is 0 Å². The summed E-state index contributed by atoms with van der Waals surface area (Å²) in [5.41, 5.74) is 6.62. The molecule has 0 saturated heterocycles. The van der Waals surface area contributed by atoms with Gasteiger partial charge in [0.05, 0.1) is 19.6 Å². The molecule has 0 saturated carbocycles. The van der Waals surface area contributed by atoms with E-state index in [0.717, 1.165) is 0 Å². The minimum Gasteiger partial charge on any atom is -0.450 e. The van der Waals surface area contributed by atoms with Crippen LogP contribution in [0.3, 0.4) is 0 Å². The maximum absolute atomic E-state index is 12.7. The van der Waals surface area contributed by atoms with E-state index >= 15 is 0 Å². The lowest BCUT2D eigenvalue weighted by Crippen LogP contribution is -2.51. The highest BCUT2D eigenvalue weighted by Crippen LogP contribution is 2.22. The van der Waals surface area contributed by atoms with E-state index < -0.39 is 40.4 Å². The van der Waals surface area contributed by atoms with Gasteiger partial charge in [-0.3, -0.25) is 14.4 Å². The first kappa shape index (κ1) is 31.2. The Morgan fingerprint density at radius 2 is 1.69 bits per heavy atom. The summed E-state index contributed by atoms with van der Waals surface area (Å²) in [6.07, 6.45) is -0.864. The largest absolute Gasteiger partial charge is 0.506 e. The number of anilines is 1. The first-order valence-corrected chi connectivity index (χ1v) is 12.0. The second kappa shape index (κ2) is 14.0. The van der Waals surface area contributed by atoms with Gasteiger partial charge in [0, 0.05) is 11.2 Å². The minimum atomic E-state index is -1.38. The van der Waals surface area contributed by atoms with Crippen LogP contribution in [0.5, 0.6) is 0 Å². The average molecular weight is 527 g/mol. The highest BCUT2D eigenvalue weighted by atomic mass is 32.1. The van der Waals surface area contributed by atoms with Crippen molar-refractivity contribution in [3.8, 4) is 0 Å². The lowest BCUT2D eigenvalue weighted by molar-refractivity contribution is -0.132. The van der Waals surface area contributed by atoms with E-state index in [1.165, 1.54) is 0 Å². The number of benzene rings is 1. The van der Waals surface area contributed by atoms with Crippen LogP contribution >= 0.6 is 12.6 Å². The standard InChI is InChI=1S/C24H38N4O7S/c1-15(2)20(28-18(29)12-24(5,36)35-11-10-23(3,4)25)21(31)26-13-19(30)27-17-8-6-16(7-9-17)14-34-22(32)33/h6-9,15,20,36H,10-14,25H2,1-5H3,(H,26,31)(H,27,30)(H,28,29)(H,32,33). The fraction of sp³-hybridized carbons (Fsp3) is 0.583. The van der Waals surface area contributed by atoms with E-state index in [4.69, 9.17) is 15.6 Å². The molecule has 11 nitrogen and oxygen atoms in total. The molecular weight excluding hydrogens is 488 g/mol. The number of amides is 3. The van der Waals surface area contributed by atoms with Crippen LogP contribution in [0.2, 0.25) is 0 Å². The van der Waals surface area contributed by atoms with Gasteiger partial charge in [-0.05, 0) is 50.8 Å². The maximum atomic E-state index is 12.7. The molecule has 0 aliphatic carbocycles. The highest BCUT2D eigenvalue weighted by molar-refractivity contribution is 7.81. The van der Waals surface area contributed by atoms with Gasteiger partial charge in [-0.15, -0.1) is 12.6 Å². The first-order valence-electron chi connectivity index (χ1n) is 11.5. The molecule has 0 radical (unpaired) electrons. The Hall–Kier alpha value is -2.83. The third-order valence-electron chi connectivity index (χ3n) is 4.94. The van der Waals surface area contributed by atoms with Crippen molar-refractivity contribution < 1.29 is 33.8 Å². The Balaban J connectivity index is 2.54. The number of rotatable bonds is 14. The van der Waals surface area contributed by atoms with Crippen molar-refractivity contribution >= 4 is 42.2 Å². The summed E-state index contributed by atoms with van der Waals surface area (Å²) in [7, 11) is 0. The highest BCUT2D eigenvalue weighted by Gasteiger charge is 2.29. The Morgan fingerprint density at radius 1 is 1.08 bits per heavy atom. The first-order chi connectivity index (χ1) is 16.6. The predicted molar refractivity (Wildman–Crippen MR) is 139 cm³/mol. The predicted octanol–water partition coefficient (Wildman–Crippen LogP) is 2.26. The van der Waals surface area contributed by atoms with Gasteiger partial charge in [0.1, 0.15) is 17.6 Å². The summed E-state index contributed by atoms with van der Waals surface area (Å²) in [4.78, 5) is 46.9. The van der Waals surface area contributed by atoms with Crippen molar-refractivity contribution in [1.29, 1.82) is 0 Å². The van der Waals surface area contributed by atoms with E-state index in [1.54, 1.807) is 45.0 Å². The zero-order valence-electron chi connectivity index (χ0n) is 21.4. The molecule has 2 unspecified atom stereocenters. The lowest BCUT2D eigenvalue weighted by Gasteiger charge is -2.28. The molecule has 6 N–H and O–H groups in total. The summed E-state index contributed by atoms with van der Waals surface area (Å²) < 4.78 is 10.2.